The number of halogens is 1. The van der Waals surface area contributed by atoms with E-state index in [0.717, 1.165) is 11.1 Å². The highest BCUT2D eigenvalue weighted by Gasteiger charge is 2.32. The van der Waals surface area contributed by atoms with Gasteiger partial charge in [-0.15, -0.1) is 0 Å². The molecule has 33 heavy (non-hydrogen) atoms. The van der Waals surface area contributed by atoms with Crippen molar-refractivity contribution in [2.45, 2.75) is 31.8 Å². The lowest BCUT2D eigenvalue weighted by atomic mass is 10.1. The van der Waals surface area contributed by atoms with Gasteiger partial charge in [-0.2, -0.15) is 0 Å². The van der Waals surface area contributed by atoms with Gasteiger partial charge in [-0.25, -0.2) is 4.79 Å². The number of rotatable bonds is 11. The molecule has 0 unspecified atom stereocenters. The third-order valence-electron chi connectivity index (χ3n) is 4.91. The monoisotopic (exact) mass is 468 g/mol. The maximum Gasteiger partial charge on any atom is 0.338 e. The zero-order chi connectivity index (χ0) is 23.6. The van der Waals surface area contributed by atoms with Gasteiger partial charge in [0.15, 0.2) is 12.4 Å². The molecule has 172 valence electrons. The third-order valence-corrected chi connectivity index (χ3v) is 5.16. The van der Waals surface area contributed by atoms with Crippen LogP contribution in [0.5, 0.6) is 5.75 Å². The van der Waals surface area contributed by atoms with Crippen LogP contribution in [0, 0.1) is 6.92 Å². The quantitative estimate of drug-likeness (QED) is 0.332. The number of ether oxygens (including phenoxy) is 3. The first-order chi connectivity index (χ1) is 16.0. The molecule has 0 saturated carbocycles. The average molecular weight is 469 g/mol. The fraction of sp³-hybridized carbons (Fsp3) is 0.231. The number of aliphatic hydroxyl groups is 1. The molecular weight excluding hydrogens is 444 g/mol. The van der Waals surface area contributed by atoms with Crippen molar-refractivity contribution in [3.8, 4) is 5.75 Å². The molecule has 0 radical (unpaired) electrons. The Hall–Kier alpha value is -3.19. The highest BCUT2D eigenvalue weighted by molar-refractivity contribution is 6.30. The third kappa shape index (κ3) is 7.43. The number of aryl methyl sites for hydroxylation is 1. The van der Waals surface area contributed by atoms with Crippen LogP contribution in [0.4, 0.5) is 0 Å². The zero-order valence-electron chi connectivity index (χ0n) is 18.1. The van der Waals surface area contributed by atoms with E-state index in [1.165, 1.54) is 12.1 Å². The summed E-state index contributed by atoms with van der Waals surface area (Å²) in [5.41, 5.74) is 2.14. The number of benzene rings is 3. The van der Waals surface area contributed by atoms with Crippen molar-refractivity contribution in [1.82, 2.24) is 0 Å². The largest absolute Gasteiger partial charge is 0.490 e. The molecule has 0 aliphatic carbocycles. The van der Waals surface area contributed by atoms with Gasteiger partial charge in [0.1, 0.15) is 24.6 Å². The lowest BCUT2D eigenvalue weighted by Crippen LogP contribution is -2.45. The summed E-state index contributed by atoms with van der Waals surface area (Å²) >= 11 is 5.88. The molecule has 0 fully saturated rings. The summed E-state index contributed by atoms with van der Waals surface area (Å²) < 4.78 is 16.9. The van der Waals surface area contributed by atoms with E-state index in [4.69, 9.17) is 25.8 Å². The summed E-state index contributed by atoms with van der Waals surface area (Å²) in [6.45, 7) is 1.88. The van der Waals surface area contributed by atoms with Gasteiger partial charge in [0.05, 0.1) is 12.2 Å². The van der Waals surface area contributed by atoms with Gasteiger partial charge < -0.3 is 24.1 Å². The number of esters is 1. The Morgan fingerprint density at radius 1 is 1.00 bits per heavy atom. The normalized spacial score (nSPS) is 13.5. The molecule has 3 rings (SSSR count). The lowest BCUT2D eigenvalue weighted by Gasteiger charge is -2.27. The SMILES string of the molecule is Cc1ccc(OC[C@@H](OC(=O)c2ccc(Cl)cc2)[C@@H](O)[C@@H](C=O)OCc2ccccc2)cc1. The van der Waals surface area contributed by atoms with E-state index in [1.807, 2.05) is 49.4 Å². The van der Waals surface area contributed by atoms with E-state index in [2.05, 4.69) is 0 Å². The first kappa shape index (κ1) is 24.5. The van der Waals surface area contributed by atoms with Gasteiger partial charge in [0.2, 0.25) is 0 Å². The molecule has 0 aliphatic heterocycles. The van der Waals surface area contributed by atoms with Crippen molar-refractivity contribution in [1.29, 1.82) is 0 Å². The second-order valence-electron chi connectivity index (χ2n) is 7.46. The van der Waals surface area contributed by atoms with Crippen LogP contribution in [0.25, 0.3) is 0 Å². The Labute approximate surface area is 197 Å². The van der Waals surface area contributed by atoms with Crippen molar-refractivity contribution in [3.63, 3.8) is 0 Å². The van der Waals surface area contributed by atoms with Crippen molar-refractivity contribution in [2.75, 3.05) is 6.61 Å². The number of carbonyl (C=O) groups excluding carboxylic acids is 2. The van der Waals surface area contributed by atoms with E-state index in [1.54, 1.807) is 24.3 Å². The first-order valence-corrected chi connectivity index (χ1v) is 10.8. The second kappa shape index (κ2) is 12.2. The van der Waals surface area contributed by atoms with Gasteiger partial charge in [-0.3, -0.25) is 0 Å². The molecule has 0 saturated heterocycles. The van der Waals surface area contributed by atoms with E-state index in [-0.39, 0.29) is 18.8 Å². The standard InChI is InChI=1S/C26H25ClO6/c1-18-7-13-22(14-8-18)31-17-24(33-26(30)20-9-11-21(27)12-10-20)25(29)23(15-28)32-16-19-5-3-2-4-6-19/h2-15,23-25,29H,16-17H2,1H3/t23-,24-,25+/m1/s1. The molecule has 0 bridgehead atoms. The number of hydrogen-bond donors (Lipinski definition) is 1. The number of aliphatic hydroxyl groups excluding tert-OH is 1. The molecule has 7 heteroatoms. The molecule has 0 spiro atoms. The van der Waals surface area contributed by atoms with Crippen LogP contribution in [-0.4, -0.2) is 42.3 Å². The summed E-state index contributed by atoms with van der Waals surface area (Å²) in [7, 11) is 0. The molecule has 3 aromatic rings. The fourth-order valence-electron chi connectivity index (χ4n) is 3.00. The van der Waals surface area contributed by atoms with Crippen molar-refractivity contribution in [2.24, 2.45) is 0 Å². The highest BCUT2D eigenvalue weighted by atomic mass is 35.5. The minimum Gasteiger partial charge on any atom is -0.490 e. The summed E-state index contributed by atoms with van der Waals surface area (Å²) in [4.78, 5) is 24.4. The predicted molar refractivity (Wildman–Crippen MR) is 124 cm³/mol. The molecule has 3 aromatic carbocycles. The van der Waals surface area contributed by atoms with E-state index in [9.17, 15) is 14.7 Å². The smallest absolute Gasteiger partial charge is 0.338 e. The zero-order valence-corrected chi connectivity index (χ0v) is 18.9. The van der Waals surface area contributed by atoms with Gasteiger partial charge in [0.25, 0.3) is 0 Å². The maximum absolute atomic E-state index is 12.7. The molecule has 1 N–H and O–H groups in total. The Balaban J connectivity index is 1.72. The molecule has 0 amide bonds. The number of aldehydes is 1. The molecular formula is C26H25ClO6. The van der Waals surface area contributed by atoms with Gasteiger partial charge in [-0.1, -0.05) is 59.6 Å². The van der Waals surface area contributed by atoms with Crippen LogP contribution in [0.1, 0.15) is 21.5 Å². The van der Waals surface area contributed by atoms with Crippen molar-refractivity contribution < 1.29 is 28.9 Å². The van der Waals surface area contributed by atoms with Crippen LogP contribution < -0.4 is 4.74 Å². The fourth-order valence-corrected chi connectivity index (χ4v) is 3.13. The minimum atomic E-state index is -1.45. The van der Waals surface area contributed by atoms with Crippen LogP contribution in [0.2, 0.25) is 5.02 Å². The van der Waals surface area contributed by atoms with Gasteiger partial charge in [0, 0.05) is 5.02 Å². The van der Waals surface area contributed by atoms with Gasteiger partial charge >= 0.3 is 5.97 Å². The summed E-state index contributed by atoms with van der Waals surface area (Å²) in [5, 5.41) is 11.3. The predicted octanol–water partition coefficient (Wildman–Crippen LogP) is 4.40. The van der Waals surface area contributed by atoms with Crippen molar-refractivity contribution >= 4 is 23.9 Å². The summed E-state index contributed by atoms with van der Waals surface area (Å²) in [6, 6.07) is 22.7. The molecule has 0 aromatic heterocycles. The Bertz CT molecular complexity index is 1020. The average Bonchev–Trinajstić information content (AvgIpc) is 2.84. The summed E-state index contributed by atoms with van der Waals surface area (Å²) in [6.07, 6.45) is -3.36. The number of hydrogen-bond acceptors (Lipinski definition) is 6. The van der Waals surface area contributed by atoms with E-state index in [0.29, 0.717) is 17.1 Å². The molecule has 0 aliphatic rings. The Morgan fingerprint density at radius 2 is 1.67 bits per heavy atom. The number of carbonyl (C=O) groups is 2. The topological polar surface area (TPSA) is 82.1 Å². The first-order valence-electron chi connectivity index (χ1n) is 10.4. The summed E-state index contributed by atoms with van der Waals surface area (Å²) in [5.74, 6) is -0.149. The lowest BCUT2D eigenvalue weighted by molar-refractivity contribution is -0.138. The Kier molecular flexibility index (Phi) is 9.01. The highest BCUT2D eigenvalue weighted by Crippen LogP contribution is 2.17. The van der Waals surface area contributed by atoms with Crippen LogP contribution in [-0.2, 0) is 20.9 Å². The van der Waals surface area contributed by atoms with E-state index < -0.39 is 24.3 Å². The van der Waals surface area contributed by atoms with Crippen LogP contribution in [0.3, 0.4) is 0 Å². The van der Waals surface area contributed by atoms with Gasteiger partial charge in [-0.05, 0) is 48.9 Å². The minimum absolute atomic E-state index is 0.109. The van der Waals surface area contributed by atoms with Crippen molar-refractivity contribution in [3.05, 3.63) is 101 Å². The molecule has 0 heterocycles. The van der Waals surface area contributed by atoms with Crippen LogP contribution >= 0.6 is 11.6 Å². The Morgan fingerprint density at radius 3 is 2.30 bits per heavy atom. The van der Waals surface area contributed by atoms with Crippen LogP contribution in [0.15, 0.2) is 78.9 Å². The molecule has 3 atom stereocenters. The maximum atomic E-state index is 12.7. The van der Waals surface area contributed by atoms with E-state index >= 15 is 0 Å². The molecule has 6 nitrogen and oxygen atoms in total. The second-order valence-corrected chi connectivity index (χ2v) is 7.90.